The lowest BCUT2D eigenvalue weighted by Crippen LogP contribution is -2.66. The molecule has 3 rings (SSSR count). The zero-order valence-corrected chi connectivity index (χ0v) is 28.3. The van der Waals surface area contributed by atoms with Crippen molar-refractivity contribution < 1.29 is 37.6 Å². The van der Waals surface area contributed by atoms with Gasteiger partial charge in [-0.2, -0.15) is 0 Å². The zero-order chi connectivity index (χ0) is 31.9. The Balaban J connectivity index is 1.13. The van der Waals surface area contributed by atoms with Crippen LogP contribution in [0.2, 0.25) is 5.04 Å². The molecule has 3 aromatic rings. The predicted octanol–water partition coefficient (Wildman–Crippen LogP) is 4.74. The van der Waals surface area contributed by atoms with Gasteiger partial charge in [0.1, 0.15) is 12.4 Å². The van der Waals surface area contributed by atoms with Gasteiger partial charge in [-0.15, -0.1) is 0 Å². The van der Waals surface area contributed by atoms with E-state index in [0.717, 1.165) is 5.75 Å². The second-order valence-corrected chi connectivity index (χ2v) is 15.7. The van der Waals surface area contributed by atoms with Crippen LogP contribution in [-0.4, -0.2) is 101 Å². The maximum Gasteiger partial charge on any atom is 0.261 e. The van der Waals surface area contributed by atoms with Crippen LogP contribution in [0.4, 0.5) is 0 Å². The Labute approximate surface area is 271 Å². The molecule has 0 aliphatic carbocycles. The first kappa shape index (κ1) is 36.9. The summed E-state index contributed by atoms with van der Waals surface area (Å²) < 4.78 is 46.0. The third kappa shape index (κ3) is 13.7. The third-order valence-electron chi connectivity index (χ3n) is 7.06. The fraction of sp³-hybridized carbons (Fsp3) is 0.500. The molecule has 0 unspecified atom stereocenters. The Hall–Kier alpha value is -2.60. The van der Waals surface area contributed by atoms with E-state index in [9.17, 15) is 0 Å². The normalized spacial score (nSPS) is 12.0. The maximum absolute atomic E-state index is 6.84. The van der Waals surface area contributed by atoms with E-state index in [-0.39, 0.29) is 5.04 Å². The summed E-state index contributed by atoms with van der Waals surface area (Å²) in [5.74, 6) is 0.848. The van der Waals surface area contributed by atoms with Crippen molar-refractivity contribution >= 4 is 18.7 Å². The quantitative estimate of drug-likeness (QED) is 0.0972. The van der Waals surface area contributed by atoms with E-state index < -0.39 is 8.32 Å². The second-order valence-electron chi connectivity index (χ2n) is 11.3. The number of para-hydroxylation sites is 1. The van der Waals surface area contributed by atoms with Gasteiger partial charge < -0.3 is 37.6 Å². The molecule has 0 N–H and O–H groups in total. The molecule has 0 fully saturated rings. The molecule has 0 radical (unpaired) electrons. The molecule has 3 aromatic carbocycles. The summed E-state index contributed by atoms with van der Waals surface area (Å²) in [4.78, 5) is 0. The number of hydrogen-bond acceptors (Lipinski definition) is 8. The monoisotopic (exact) mass is 640 g/mol. The summed E-state index contributed by atoms with van der Waals surface area (Å²) in [6.45, 7) is 14.1. The number of ether oxygens (including phenoxy) is 7. The van der Waals surface area contributed by atoms with Gasteiger partial charge in [0.25, 0.3) is 8.32 Å². The van der Waals surface area contributed by atoms with Crippen molar-refractivity contribution in [1.29, 1.82) is 0 Å². The minimum absolute atomic E-state index is 0.0492. The minimum atomic E-state index is -2.53. The van der Waals surface area contributed by atoms with E-state index in [4.69, 9.17) is 37.6 Å². The SMILES string of the molecule is CC(C)(C)[Si](OCCOCCOCCOCCOCCOCCOCCOc1ccccc1)(c1ccccc1)c1ccccc1. The van der Waals surface area contributed by atoms with Gasteiger partial charge in [-0.05, 0) is 27.5 Å². The van der Waals surface area contributed by atoms with Gasteiger partial charge in [-0.1, -0.05) is 99.6 Å². The Morgan fingerprint density at radius 3 is 1.07 bits per heavy atom. The highest BCUT2D eigenvalue weighted by atomic mass is 28.4. The van der Waals surface area contributed by atoms with E-state index in [1.807, 2.05) is 30.3 Å². The van der Waals surface area contributed by atoms with Crippen molar-refractivity contribution in [2.75, 3.05) is 92.5 Å². The van der Waals surface area contributed by atoms with Crippen LogP contribution < -0.4 is 15.1 Å². The first-order valence-electron chi connectivity index (χ1n) is 15.9. The van der Waals surface area contributed by atoms with Gasteiger partial charge >= 0.3 is 0 Å². The largest absolute Gasteiger partial charge is 0.491 e. The molecule has 248 valence electrons. The topological polar surface area (TPSA) is 73.8 Å². The minimum Gasteiger partial charge on any atom is -0.491 e. The molecule has 0 saturated carbocycles. The van der Waals surface area contributed by atoms with Gasteiger partial charge in [0.2, 0.25) is 0 Å². The summed E-state index contributed by atoms with van der Waals surface area (Å²) in [6.07, 6.45) is 0. The second kappa shape index (κ2) is 22.0. The molecule has 0 spiro atoms. The Morgan fingerprint density at radius 1 is 0.400 bits per heavy atom. The average Bonchev–Trinajstić information content (AvgIpc) is 3.06. The summed E-state index contributed by atoms with van der Waals surface area (Å²) >= 11 is 0. The maximum atomic E-state index is 6.84. The number of hydrogen-bond donors (Lipinski definition) is 0. The summed E-state index contributed by atoms with van der Waals surface area (Å²) in [6, 6.07) is 31.0. The summed E-state index contributed by atoms with van der Waals surface area (Å²) in [5, 5.41) is 2.49. The van der Waals surface area contributed by atoms with Gasteiger partial charge in [0, 0.05) is 0 Å². The smallest absolute Gasteiger partial charge is 0.261 e. The molecular formula is C36H52O8Si. The molecule has 0 bridgehead atoms. The van der Waals surface area contributed by atoms with E-state index in [2.05, 4.69) is 81.4 Å². The van der Waals surface area contributed by atoms with Gasteiger partial charge in [0.05, 0.1) is 85.9 Å². The summed E-state index contributed by atoms with van der Waals surface area (Å²) in [7, 11) is -2.53. The van der Waals surface area contributed by atoms with Crippen LogP contribution in [0.3, 0.4) is 0 Å². The molecule has 0 aromatic heterocycles. The molecule has 0 atom stereocenters. The van der Waals surface area contributed by atoms with Gasteiger partial charge in [-0.25, -0.2) is 0 Å². The van der Waals surface area contributed by atoms with Crippen LogP contribution in [0.5, 0.6) is 5.75 Å². The van der Waals surface area contributed by atoms with Crippen LogP contribution in [0.15, 0.2) is 91.0 Å². The van der Waals surface area contributed by atoms with Crippen LogP contribution >= 0.6 is 0 Å². The van der Waals surface area contributed by atoms with Gasteiger partial charge in [0.15, 0.2) is 0 Å². The lowest BCUT2D eigenvalue weighted by atomic mass is 10.2. The van der Waals surface area contributed by atoms with E-state index >= 15 is 0 Å². The van der Waals surface area contributed by atoms with Crippen molar-refractivity contribution in [3.63, 3.8) is 0 Å². The van der Waals surface area contributed by atoms with Crippen LogP contribution in [0, 0.1) is 0 Å². The first-order chi connectivity index (χ1) is 22.0. The number of benzene rings is 3. The molecule has 0 aliphatic heterocycles. The fourth-order valence-electron chi connectivity index (χ4n) is 4.95. The highest BCUT2D eigenvalue weighted by Crippen LogP contribution is 2.36. The lowest BCUT2D eigenvalue weighted by molar-refractivity contribution is -0.0188. The molecule has 0 heterocycles. The van der Waals surface area contributed by atoms with Crippen molar-refractivity contribution in [1.82, 2.24) is 0 Å². The van der Waals surface area contributed by atoms with Crippen LogP contribution in [0.25, 0.3) is 0 Å². The van der Waals surface area contributed by atoms with Gasteiger partial charge in [-0.3, -0.25) is 0 Å². The Morgan fingerprint density at radius 2 is 0.711 bits per heavy atom. The average molecular weight is 641 g/mol. The van der Waals surface area contributed by atoms with Crippen LogP contribution in [-0.2, 0) is 32.8 Å². The predicted molar refractivity (Wildman–Crippen MR) is 180 cm³/mol. The Bertz CT molecular complexity index is 1070. The fourth-order valence-corrected chi connectivity index (χ4v) is 9.50. The van der Waals surface area contributed by atoms with E-state index in [1.54, 1.807) is 0 Å². The zero-order valence-electron chi connectivity index (χ0n) is 27.3. The Kier molecular flexibility index (Phi) is 18.0. The molecule has 0 aliphatic rings. The van der Waals surface area contributed by atoms with E-state index in [1.165, 1.54) is 10.4 Å². The number of rotatable bonds is 25. The van der Waals surface area contributed by atoms with Crippen LogP contribution in [0.1, 0.15) is 20.8 Å². The standard InChI is InChI=1S/C36H52O8Si/c1-36(2,3)45(34-15-9-5-10-16-34,35-17-11-6-12-18-35)44-32-30-42-28-26-40-24-22-38-20-19-37-21-23-39-25-27-41-29-31-43-33-13-7-4-8-14-33/h4-18H,19-32H2,1-3H3. The molecule has 0 amide bonds. The van der Waals surface area contributed by atoms with Crippen molar-refractivity contribution in [2.45, 2.75) is 25.8 Å². The molecule has 45 heavy (non-hydrogen) atoms. The molecule has 8 nitrogen and oxygen atoms in total. The van der Waals surface area contributed by atoms with E-state index in [0.29, 0.717) is 92.5 Å². The lowest BCUT2D eigenvalue weighted by Gasteiger charge is -2.43. The molecular weight excluding hydrogens is 588 g/mol. The first-order valence-corrected chi connectivity index (χ1v) is 17.8. The highest BCUT2D eigenvalue weighted by Gasteiger charge is 2.49. The molecule has 9 heteroatoms. The van der Waals surface area contributed by atoms with Crippen molar-refractivity contribution in [3.05, 3.63) is 91.0 Å². The summed E-state index contributed by atoms with van der Waals surface area (Å²) in [5.41, 5.74) is 0. The van der Waals surface area contributed by atoms with Crippen molar-refractivity contribution in [3.8, 4) is 5.75 Å². The van der Waals surface area contributed by atoms with Crippen molar-refractivity contribution in [2.24, 2.45) is 0 Å². The molecule has 0 saturated heterocycles. The highest BCUT2D eigenvalue weighted by molar-refractivity contribution is 6.99. The third-order valence-corrected chi connectivity index (χ3v) is 12.1.